The van der Waals surface area contributed by atoms with Crippen LogP contribution in [-0.4, -0.2) is 53.8 Å². The van der Waals surface area contributed by atoms with Crippen LogP contribution in [0.15, 0.2) is 18.2 Å². The standard InChI is InChI=1S/C15H15Cl3F2N2O4/c1-22(12(24)15(18,19)20)8-14(4-5-23,7-21-13(25)26)9-2-3-10(16)11(17)6-9/h2-3,5-6,21H,4,7-8H2,1H3,(H,25,26). The van der Waals surface area contributed by atoms with Gasteiger partial charge in [0.05, 0.1) is 10.0 Å². The molecule has 0 aromatic heterocycles. The number of halogens is 5. The minimum atomic E-state index is -4.14. The quantitative estimate of drug-likeness (QED) is 0.488. The zero-order chi connectivity index (χ0) is 20.1. The highest BCUT2D eigenvalue weighted by Crippen LogP contribution is 2.34. The van der Waals surface area contributed by atoms with Gasteiger partial charge < -0.3 is 20.1 Å². The van der Waals surface area contributed by atoms with Gasteiger partial charge in [-0.05, 0) is 29.3 Å². The van der Waals surface area contributed by atoms with E-state index >= 15 is 0 Å². The molecule has 0 bridgehead atoms. The van der Waals surface area contributed by atoms with Crippen molar-refractivity contribution < 1.29 is 28.3 Å². The van der Waals surface area contributed by atoms with Crippen LogP contribution in [0.3, 0.4) is 0 Å². The molecule has 0 radical (unpaired) electrons. The number of alkyl halides is 3. The number of hydrogen-bond acceptors (Lipinski definition) is 3. The second kappa shape index (κ2) is 8.83. The van der Waals surface area contributed by atoms with Crippen LogP contribution in [0.2, 0.25) is 10.0 Å². The second-order valence-electron chi connectivity index (χ2n) is 5.60. The fourth-order valence-electron chi connectivity index (χ4n) is 2.48. The first kappa shape index (κ1) is 22.4. The van der Waals surface area contributed by atoms with Gasteiger partial charge in [0.2, 0.25) is 0 Å². The van der Waals surface area contributed by atoms with Crippen molar-refractivity contribution in [3.8, 4) is 0 Å². The first-order valence-corrected chi connectivity index (χ1v) is 8.24. The van der Waals surface area contributed by atoms with Crippen molar-refractivity contribution in [2.75, 3.05) is 20.1 Å². The number of amides is 2. The summed E-state index contributed by atoms with van der Waals surface area (Å²) in [5.41, 5.74) is -1.02. The second-order valence-corrected chi connectivity index (χ2v) is 6.89. The number of nitrogens with one attached hydrogen (secondary N) is 1. The van der Waals surface area contributed by atoms with Crippen molar-refractivity contribution in [1.82, 2.24) is 10.2 Å². The highest BCUT2D eigenvalue weighted by atomic mass is 35.5. The number of aldehydes is 1. The van der Waals surface area contributed by atoms with Gasteiger partial charge in [0.25, 0.3) is 0 Å². The van der Waals surface area contributed by atoms with Gasteiger partial charge in [-0.1, -0.05) is 29.3 Å². The molecule has 1 aromatic carbocycles. The SMILES string of the molecule is CN(CC(CC=O)(CNC(=O)O)c1ccc(Cl)c(Cl)c1)C(=O)C(F)(F)Cl. The molecule has 1 atom stereocenters. The molecule has 2 amide bonds. The predicted octanol–water partition coefficient (Wildman–Crippen LogP) is 3.38. The molecule has 0 aliphatic heterocycles. The molecule has 1 aromatic rings. The Kier molecular flexibility index (Phi) is 7.61. The highest BCUT2D eigenvalue weighted by Gasteiger charge is 2.42. The van der Waals surface area contributed by atoms with Crippen molar-refractivity contribution in [3.05, 3.63) is 33.8 Å². The zero-order valence-electron chi connectivity index (χ0n) is 13.4. The number of hydrogen-bond donors (Lipinski definition) is 2. The minimum absolute atomic E-state index is 0.117. The Morgan fingerprint density at radius 2 is 1.92 bits per heavy atom. The number of benzene rings is 1. The summed E-state index contributed by atoms with van der Waals surface area (Å²) in [4.78, 5) is 34.5. The smallest absolute Gasteiger partial charge is 0.404 e. The highest BCUT2D eigenvalue weighted by molar-refractivity contribution is 6.42. The molecule has 144 valence electrons. The lowest BCUT2D eigenvalue weighted by Gasteiger charge is -2.37. The van der Waals surface area contributed by atoms with Gasteiger partial charge in [0.1, 0.15) is 6.29 Å². The molecular formula is C15H15Cl3F2N2O4. The number of carboxylic acid groups (broad SMARTS) is 1. The topological polar surface area (TPSA) is 86.7 Å². The monoisotopic (exact) mass is 430 g/mol. The van der Waals surface area contributed by atoms with Gasteiger partial charge in [-0.15, -0.1) is 0 Å². The average Bonchev–Trinajstić information content (AvgIpc) is 2.53. The van der Waals surface area contributed by atoms with Crippen molar-refractivity contribution in [1.29, 1.82) is 0 Å². The van der Waals surface area contributed by atoms with Crippen LogP contribution < -0.4 is 5.32 Å². The van der Waals surface area contributed by atoms with E-state index in [0.717, 1.165) is 7.05 Å². The summed E-state index contributed by atoms with van der Waals surface area (Å²) in [7, 11) is 1.07. The molecule has 1 unspecified atom stereocenters. The van der Waals surface area contributed by atoms with E-state index in [-0.39, 0.29) is 23.0 Å². The number of likely N-dealkylation sites (N-methyl/N-ethyl adjacent to an activating group) is 1. The van der Waals surface area contributed by atoms with Crippen molar-refractivity contribution in [3.63, 3.8) is 0 Å². The van der Waals surface area contributed by atoms with Gasteiger partial charge in [-0.3, -0.25) is 4.79 Å². The molecule has 0 heterocycles. The summed E-state index contributed by atoms with van der Waals surface area (Å²) < 4.78 is 26.2. The first-order valence-electron chi connectivity index (χ1n) is 7.11. The molecule has 0 aliphatic carbocycles. The Balaban J connectivity index is 3.37. The molecule has 11 heteroatoms. The van der Waals surface area contributed by atoms with E-state index < -0.39 is 29.3 Å². The van der Waals surface area contributed by atoms with Crippen LogP contribution >= 0.6 is 34.8 Å². The van der Waals surface area contributed by atoms with E-state index in [1.807, 2.05) is 0 Å². The summed E-state index contributed by atoms with van der Waals surface area (Å²) in [6, 6.07) is 4.27. The third-order valence-electron chi connectivity index (χ3n) is 3.71. The first-order chi connectivity index (χ1) is 11.9. The van der Waals surface area contributed by atoms with E-state index in [4.69, 9.17) is 39.9 Å². The predicted molar refractivity (Wildman–Crippen MR) is 93.3 cm³/mol. The lowest BCUT2D eigenvalue weighted by Crippen LogP contribution is -2.51. The van der Waals surface area contributed by atoms with E-state index in [0.29, 0.717) is 16.7 Å². The summed E-state index contributed by atoms with van der Waals surface area (Å²) in [5.74, 6) is -1.69. The van der Waals surface area contributed by atoms with E-state index in [9.17, 15) is 23.2 Å². The van der Waals surface area contributed by atoms with Gasteiger partial charge in [0, 0.05) is 32.0 Å². The molecule has 0 aliphatic rings. The average molecular weight is 432 g/mol. The zero-order valence-corrected chi connectivity index (χ0v) is 15.7. The van der Waals surface area contributed by atoms with Crippen LogP contribution in [0.5, 0.6) is 0 Å². The maximum atomic E-state index is 13.1. The van der Waals surface area contributed by atoms with Gasteiger partial charge in [-0.25, -0.2) is 4.79 Å². The third kappa shape index (κ3) is 5.69. The minimum Gasteiger partial charge on any atom is -0.465 e. The van der Waals surface area contributed by atoms with Crippen LogP contribution in [-0.2, 0) is 15.0 Å². The Morgan fingerprint density at radius 3 is 2.38 bits per heavy atom. The Bertz CT molecular complexity index is 700. The molecular weight excluding hydrogens is 417 g/mol. The molecule has 0 fully saturated rings. The molecule has 0 spiro atoms. The summed E-state index contributed by atoms with van der Waals surface area (Å²) in [6.45, 7) is -0.768. The van der Waals surface area contributed by atoms with Crippen LogP contribution in [0.1, 0.15) is 12.0 Å². The van der Waals surface area contributed by atoms with Crippen molar-refractivity contribution in [2.45, 2.75) is 17.2 Å². The fourth-order valence-corrected chi connectivity index (χ4v) is 2.92. The Hall–Kier alpha value is -1.64. The number of carbonyl (C=O) groups excluding carboxylic acids is 2. The molecule has 26 heavy (non-hydrogen) atoms. The van der Waals surface area contributed by atoms with E-state index in [2.05, 4.69) is 5.32 Å². The summed E-state index contributed by atoms with van der Waals surface area (Å²) in [5, 5.41) is 7.19. The Morgan fingerprint density at radius 1 is 1.31 bits per heavy atom. The van der Waals surface area contributed by atoms with Gasteiger partial charge >= 0.3 is 17.4 Å². The number of nitrogens with zero attached hydrogens (tertiary/aromatic N) is 1. The normalized spacial score (nSPS) is 13.6. The maximum Gasteiger partial charge on any atom is 0.404 e. The molecule has 1 rings (SSSR count). The molecule has 0 saturated carbocycles. The largest absolute Gasteiger partial charge is 0.465 e. The Labute approximate surface area is 163 Å². The summed E-state index contributed by atoms with van der Waals surface area (Å²) >= 11 is 16.6. The summed E-state index contributed by atoms with van der Waals surface area (Å²) in [6.07, 6.45) is -1.18. The molecule has 6 nitrogen and oxygen atoms in total. The third-order valence-corrected chi connectivity index (χ3v) is 4.61. The van der Waals surface area contributed by atoms with Crippen LogP contribution in [0.4, 0.5) is 13.6 Å². The van der Waals surface area contributed by atoms with Crippen molar-refractivity contribution in [2.24, 2.45) is 0 Å². The van der Waals surface area contributed by atoms with Gasteiger partial charge in [-0.2, -0.15) is 8.78 Å². The van der Waals surface area contributed by atoms with Gasteiger partial charge in [0.15, 0.2) is 0 Å². The van der Waals surface area contributed by atoms with E-state index in [1.54, 1.807) is 0 Å². The fraction of sp³-hybridized carbons (Fsp3) is 0.400. The van der Waals surface area contributed by atoms with Crippen molar-refractivity contribution >= 4 is 53.1 Å². The van der Waals surface area contributed by atoms with Crippen LogP contribution in [0.25, 0.3) is 0 Å². The van der Waals surface area contributed by atoms with Crippen LogP contribution in [0, 0.1) is 0 Å². The molecule has 2 N–H and O–H groups in total. The van der Waals surface area contributed by atoms with E-state index in [1.165, 1.54) is 18.2 Å². The lowest BCUT2D eigenvalue weighted by molar-refractivity contribution is -0.146. The maximum absolute atomic E-state index is 13.1. The number of rotatable bonds is 8. The lowest BCUT2D eigenvalue weighted by atomic mass is 9.77. The number of carbonyl (C=O) groups is 3. The molecule has 0 saturated heterocycles.